The molecule has 1 aliphatic rings. The third-order valence-electron chi connectivity index (χ3n) is 4.95. The predicted molar refractivity (Wildman–Crippen MR) is 111 cm³/mol. The first kappa shape index (κ1) is 17.8. The molecule has 0 atom stereocenters. The zero-order valence-electron chi connectivity index (χ0n) is 15.3. The second kappa shape index (κ2) is 7.25. The van der Waals surface area contributed by atoms with Gasteiger partial charge in [0.1, 0.15) is 12.1 Å². The van der Waals surface area contributed by atoms with E-state index in [4.69, 9.17) is 11.6 Å². The van der Waals surface area contributed by atoms with Gasteiger partial charge in [0.25, 0.3) is 0 Å². The van der Waals surface area contributed by atoms with Crippen LogP contribution in [0.5, 0.6) is 0 Å². The fourth-order valence-electron chi connectivity index (χ4n) is 3.58. The Bertz CT molecular complexity index is 1210. The maximum absolute atomic E-state index is 13.9. The highest BCUT2D eigenvalue weighted by atomic mass is 35.5. The molecule has 0 amide bonds. The first-order valence-corrected chi connectivity index (χ1v) is 9.56. The number of nitrogens with one attached hydrogen (secondary N) is 1. The maximum atomic E-state index is 13.9. The zero-order valence-corrected chi connectivity index (χ0v) is 16.1. The normalized spacial score (nSPS) is 13.4. The van der Waals surface area contributed by atoms with Gasteiger partial charge in [-0.05, 0) is 42.0 Å². The molecule has 0 saturated carbocycles. The Hall–Kier alpha value is -3.32. The van der Waals surface area contributed by atoms with E-state index in [0.717, 1.165) is 40.9 Å². The van der Waals surface area contributed by atoms with Crippen LogP contribution in [0.25, 0.3) is 10.9 Å². The number of pyridine rings is 2. The SMILES string of the molecule is Fc1ncccc1Nc1cnc2c(c1)CN(c1ncnc3ccc(Cl)cc13)CC2. The van der Waals surface area contributed by atoms with Gasteiger partial charge in [0.15, 0.2) is 0 Å². The van der Waals surface area contributed by atoms with Crippen LogP contribution in [0.3, 0.4) is 0 Å². The minimum Gasteiger partial charge on any atom is -0.351 e. The van der Waals surface area contributed by atoms with E-state index in [2.05, 4.69) is 30.2 Å². The Morgan fingerprint density at radius 3 is 2.90 bits per heavy atom. The molecule has 1 aliphatic heterocycles. The molecule has 1 aromatic carbocycles. The van der Waals surface area contributed by atoms with Gasteiger partial charge < -0.3 is 10.2 Å². The number of nitrogens with zero attached hydrogens (tertiary/aromatic N) is 5. The summed E-state index contributed by atoms with van der Waals surface area (Å²) >= 11 is 6.19. The lowest BCUT2D eigenvalue weighted by Gasteiger charge is -2.30. The van der Waals surface area contributed by atoms with E-state index in [1.54, 1.807) is 24.7 Å². The third-order valence-corrected chi connectivity index (χ3v) is 5.19. The van der Waals surface area contributed by atoms with Crippen molar-refractivity contribution in [1.29, 1.82) is 0 Å². The molecule has 1 N–H and O–H groups in total. The minimum atomic E-state index is -0.545. The van der Waals surface area contributed by atoms with E-state index in [-0.39, 0.29) is 0 Å². The average Bonchev–Trinajstić information content (AvgIpc) is 2.74. The van der Waals surface area contributed by atoms with Gasteiger partial charge in [0, 0.05) is 41.8 Å². The Balaban J connectivity index is 1.46. The second-order valence-electron chi connectivity index (χ2n) is 6.83. The standard InChI is InChI=1S/C21H16ClFN6/c22-14-3-4-18-16(9-14)21(27-12-26-18)29-7-5-17-13(11-29)8-15(10-25-17)28-19-2-1-6-24-20(19)23/h1-4,6,8-10,12,28H,5,7,11H2. The van der Waals surface area contributed by atoms with Crippen LogP contribution in [-0.2, 0) is 13.0 Å². The molecule has 3 aromatic heterocycles. The molecule has 0 fully saturated rings. The molecule has 0 aliphatic carbocycles. The zero-order chi connectivity index (χ0) is 19.8. The Morgan fingerprint density at radius 1 is 1.07 bits per heavy atom. The summed E-state index contributed by atoms with van der Waals surface area (Å²) in [6.07, 6.45) is 5.51. The molecule has 5 rings (SSSR count). The molecule has 6 nitrogen and oxygen atoms in total. The van der Waals surface area contributed by atoms with Crippen molar-refractivity contribution in [3.05, 3.63) is 77.3 Å². The van der Waals surface area contributed by atoms with Crippen molar-refractivity contribution in [1.82, 2.24) is 19.9 Å². The topological polar surface area (TPSA) is 66.8 Å². The van der Waals surface area contributed by atoms with E-state index in [1.807, 2.05) is 24.3 Å². The van der Waals surface area contributed by atoms with E-state index < -0.39 is 5.95 Å². The van der Waals surface area contributed by atoms with Crippen molar-refractivity contribution in [3.8, 4) is 0 Å². The lowest BCUT2D eigenvalue weighted by molar-refractivity contribution is 0.588. The summed E-state index contributed by atoms with van der Waals surface area (Å²) in [6.45, 7) is 1.44. The van der Waals surface area contributed by atoms with Crippen molar-refractivity contribution >= 4 is 39.7 Å². The van der Waals surface area contributed by atoms with Crippen LogP contribution in [0.1, 0.15) is 11.3 Å². The van der Waals surface area contributed by atoms with E-state index in [0.29, 0.717) is 22.9 Å². The van der Waals surface area contributed by atoms with Gasteiger partial charge in [0.05, 0.1) is 23.1 Å². The molecule has 144 valence electrons. The second-order valence-corrected chi connectivity index (χ2v) is 7.26. The van der Waals surface area contributed by atoms with Crippen LogP contribution in [0.4, 0.5) is 21.6 Å². The number of hydrogen-bond acceptors (Lipinski definition) is 6. The van der Waals surface area contributed by atoms with Crippen LogP contribution < -0.4 is 10.2 Å². The predicted octanol–water partition coefficient (Wildman–Crippen LogP) is 4.52. The maximum Gasteiger partial charge on any atom is 0.236 e. The van der Waals surface area contributed by atoms with Crippen LogP contribution in [-0.4, -0.2) is 26.5 Å². The highest BCUT2D eigenvalue weighted by Crippen LogP contribution is 2.30. The van der Waals surface area contributed by atoms with Gasteiger partial charge in [-0.1, -0.05) is 11.6 Å². The van der Waals surface area contributed by atoms with E-state index >= 15 is 0 Å². The minimum absolute atomic E-state index is 0.318. The van der Waals surface area contributed by atoms with Gasteiger partial charge in [0.2, 0.25) is 5.95 Å². The summed E-state index contributed by atoms with van der Waals surface area (Å²) in [5.41, 5.74) is 3.99. The number of halogens is 2. The van der Waals surface area contributed by atoms with E-state index in [1.165, 1.54) is 6.20 Å². The van der Waals surface area contributed by atoms with Crippen LogP contribution in [0, 0.1) is 5.95 Å². The van der Waals surface area contributed by atoms with Gasteiger partial charge in [-0.3, -0.25) is 4.98 Å². The molecular weight excluding hydrogens is 391 g/mol. The summed E-state index contributed by atoms with van der Waals surface area (Å²) < 4.78 is 13.9. The van der Waals surface area contributed by atoms with Crippen molar-refractivity contribution in [2.24, 2.45) is 0 Å². The van der Waals surface area contributed by atoms with Gasteiger partial charge in [-0.25, -0.2) is 15.0 Å². The molecule has 0 saturated heterocycles. The van der Waals surface area contributed by atoms with Gasteiger partial charge in [-0.2, -0.15) is 4.39 Å². The monoisotopic (exact) mass is 406 g/mol. The summed E-state index contributed by atoms with van der Waals surface area (Å²) in [7, 11) is 0. The Kier molecular flexibility index (Phi) is 4.44. The molecule has 0 radical (unpaired) electrons. The number of benzene rings is 1. The van der Waals surface area contributed by atoms with Gasteiger partial charge in [-0.15, -0.1) is 0 Å². The Morgan fingerprint density at radius 2 is 2.00 bits per heavy atom. The molecule has 29 heavy (non-hydrogen) atoms. The quantitative estimate of drug-likeness (QED) is 0.504. The first-order valence-electron chi connectivity index (χ1n) is 9.18. The van der Waals surface area contributed by atoms with Gasteiger partial charge >= 0.3 is 0 Å². The molecule has 4 aromatic rings. The lowest BCUT2D eigenvalue weighted by atomic mass is 10.0. The van der Waals surface area contributed by atoms with Crippen molar-refractivity contribution < 1.29 is 4.39 Å². The fourth-order valence-corrected chi connectivity index (χ4v) is 3.75. The van der Waals surface area contributed by atoms with Crippen LogP contribution >= 0.6 is 11.6 Å². The number of fused-ring (bicyclic) bond motifs is 2. The number of rotatable bonds is 3. The van der Waals surface area contributed by atoms with Crippen molar-refractivity contribution in [2.45, 2.75) is 13.0 Å². The smallest absolute Gasteiger partial charge is 0.236 e. The fraction of sp³-hybridized carbons (Fsp3) is 0.143. The highest BCUT2D eigenvalue weighted by molar-refractivity contribution is 6.31. The molecule has 0 bridgehead atoms. The molecular formula is C21H16ClFN6. The first-order chi connectivity index (χ1) is 14.2. The summed E-state index contributed by atoms with van der Waals surface area (Å²) in [6, 6.07) is 10.9. The van der Waals surface area contributed by atoms with E-state index in [9.17, 15) is 4.39 Å². The largest absolute Gasteiger partial charge is 0.351 e. The van der Waals surface area contributed by atoms with Crippen molar-refractivity contribution in [3.63, 3.8) is 0 Å². The van der Waals surface area contributed by atoms with Crippen LogP contribution in [0.2, 0.25) is 5.02 Å². The molecule has 8 heteroatoms. The third kappa shape index (κ3) is 3.45. The van der Waals surface area contributed by atoms with Crippen molar-refractivity contribution in [2.75, 3.05) is 16.8 Å². The summed E-state index contributed by atoms with van der Waals surface area (Å²) in [5.74, 6) is 0.302. The average molecular weight is 407 g/mol. The number of anilines is 3. The highest BCUT2D eigenvalue weighted by Gasteiger charge is 2.21. The summed E-state index contributed by atoms with van der Waals surface area (Å²) in [4.78, 5) is 19.3. The molecule has 4 heterocycles. The summed E-state index contributed by atoms with van der Waals surface area (Å²) in [5, 5.41) is 4.62. The molecule has 0 spiro atoms. The molecule has 0 unspecified atom stereocenters. The number of aromatic nitrogens is 4. The van der Waals surface area contributed by atoms with Crippen LogP contribution in [0.15, 0.2) is 55.1 Å². The Labute approximate surface area is 171 Å². The lowest BCUT2D eigenvalue weighted by Crippen LogP contribution is -2.31. The number of hydrogen-bond donors (Lipinski definition) is 1.